The number of carbonyl (C=O) groups excluding carboxylic acids is 1. The first kappa shape index (κ1) is 18.8. The number of hydrogen-bond donors (Lipinski definition) is 1. The van der Waals surface area contributed by atoms with Crippen molar-refractivity contribution in [3.05, 3.63) is 27.7 Å². The highest BCUT2D eigenvalue weighted by Crippen LogP contribution is 2.34. The number of aromatic hydroxyl groups is 1. The molecule has 0 spiro atoms. The van der Waals surface area contributed by atoms with Crippen LogP contribution in [-0.4, -0.2) is 60.1 Å². The van der Waals surface area contributed by atoms with Crippen molar-refractivity contribution in [2.45, 2.75) is 37.0 Å². The van der Waals surface area contributed by atoms with E-state index in [0.29, 0.717) is 25.9 Å². The van der Waals surface area contributed by atoms with E-state index >= 15 is 0 Å². The number of amides is 1. The topological polar surface area (TPSA) is 77.9 Å². The Kier molecular flexibility index (Phi) is 5.21. The van der Waals surface area contributed by atoms with Gasteiger partial charge in [0.25, 0.3) is 5.91 Å². The zero-order chi connectivity index (χ0) is 18.4. The van der Waals surface area contributed by atoms with Crippen LogP contribution in [-0.2, 0) is 10.0 Å². The molecule has 0 atom stereocenters. The number of phenolic OH excluding ortho intramolecular Hbond substituents is 1. The van der Waals surface area contributed by atoms with Gasteiger partial charge in [-0.15, -0.1) is 0 Å². The molecule has 1 aliphatic carbocycles. The van der Waals surface area contributed by atoms with Gasteiger partial charge >= 0.3 is 0 Å². The Hall–Kier alpha value is -1.02. The fourth-order valence-corrected chi connectivity index (χ4v) is 5.51. The molecule has 0 bridgehead atoms. The molecule has 1 aromatic rings. The molecule has 1 amide bonds. The van der Waals surface area contributed by atoms with Crippen LogP contribution >= 0.6 is 23.2 Å². The fourth-order valence-electron chi connectivity index (χ4n) is 3.15. The summed E-state index contributed by atoms with van der Waals surface area (Å²) in [5, 5.41) is 10.1. The molecule has 0 unspecified atom stereocenters. The summed E-state index contributed by atoms with van der Waals surface area (Å²) in [5.41, 5.74) is 0.0491. The van der Waals surface area contributed by atoms with Gasteiger partial charge in [0.15, 0.2) is 0 Å². The Morgan fingerprint density at radius 2 is 1.80 bits per heavy atom. The van der Waals surface area contributed by atoms with E-state index in [1.807, 2.05) is 0 Å². The van der Waals surface area contributed by atoms with Crippen LogP contribution in [0.1, 0.15) is 36.0 Å². The molecule has 1 heterocycles. The van der Waals surface area contributed by atoms with E-state index in [9.17, 15) is 18.3 Å². The number of sulfonamides is 1. The molecule has 1 saturated carbocycles. The molecule has 3 rings (SSSR count). The van der Waals surface area contributed by atoms with E-state index in [0.717, 1.165) is 12.8 Å². The average molecular weight is 407 g/mol. The van der Waals surface area contributed by atoms with Gasteiger partial charge in [-0.25, -0.2) is 12.7 Å². The van der Waals surface area contributed by atoms with Crippen LogP contribution in [0.25, 0.3) is 0 Å². The lowest BCUT2D eigenvalue weighted by atomic mass is 10.0. The van der Waals surface area contributed by atoms with E-state index in [1.165, 1.54) is 21.3 Å². The summed E-state index contributed by atoms with van der Waals surface area (Å²) in [6, 6.07) is 2.65. The number of piperidine rings is 1. The van der Waals surface area contributed by atoms with Crippen molar-refractivity contribution >= 4 is 39.1 Å². The smallest absolute Gasteiger partial charge is 0.257 e. The third kappa shape index (κ3) is 3.74. The van der Waals surface area contributed by atoms with Gasteiger partial charge in [0.05, 0.1) is 15.8 Å². The highest BCUT2D eigenvalue weighted by Gasteiger charge is 2.41. The number of rotatable bonds is 4. The van der Waals surface area contributed by atoms with Gasteiger partial charge in [-0.05, 0) is 37.8 Å². The molecule has 1 aliphatic heterocycles. The molecule has 1 saturated heterocycles. The predicted molar refractivity (Wildman–Crippen MR) is 96.8 cm³/mol. The van der Waals surface area contributed by atoms with Gasteiger partial charge in [-0.3, -0.25) is 4.79 Å². The first-order valence-electron chi connectivity index (χ1n) is 8.16. The second-order valence-corrected chi connectivity index (χ2v) is 9.63. The van der Waals surface area contributed by atoms with Crippen LogP contribution in [0.5, 0.6) is 5.75 Å². The number of halogens is 2. The van der Waals surface area contributed by atoms with Gasteiger partial charge in [-0.2, -0.15) is 0 Å². The minimum atomic E-state index is -3.17. The Labute approximate surface area is 157 Å². The predicted octanol–water partition coefficient (Wildman–Crippen LogP) is 2.73. The number of phenols is 1. The molecule has 1 aromatic carbocycles. The molecule has 1 N–H and O–H groups in total. The van der Waals surface area contributed by atoms with Crippen molar-refractivity contribution in [3.8, 4) is 5.75 Å². The van der Waals surface area contributed by atoms with Crippen LogP contribution in [0.15, 0.2) is 12.1 Å². The van der Waals surface area contributed by atoms with Crippen LogP contribution in [0.4, 0.5) is 0 Å². The molecular formula is C16H20Cl2N2O4S. The highest BCUT2D eigenvalue weighted by molar-refractivity contribution is 7.90. The molecule has 138 valence electrons. The van der Waals surface area contributed by atoms with Crippen molar-refractivity contribution in [2.24, 2.45) is 0 Å². The average Bonchev–Trinajstić information content (AvgIpc) is 3.42. The van der Waals surface area contributed by atoms with Crippen molar-refractivity contribution in [2.75, 3.05) is 20.1 Å². The maximum atomic E-state index is 12.7. The number of carbonyl (C=O) groups is 1. The third-order valence-electron chi connectivity index (χ3n) is 4.86. The lowest BCUT2D eigenvalue weighted by molar-refractivity contribution is 0.0679. The number of nitrogens with zero attached hydrogens (tertiary/aromatic N) is 2. The lowest BCUT2D eigenvalue weighted by Gasteiger charge is -2.36. The van der Waals surface area contributed by atoms with Crippen molar-refractivity contribution in [1.29, 1.82) is 0 Å². The normalized spacial score (nSPS) is 19.8. The van der Waals surface area contributed by atoms with Crippen molar-refractivity contribution in [3.63, 3.8) is 0 Å². The Bertz CT molecular complexity index is 788. The summed E-state index contributed by atoms with van der Waals surface area (Å²) in [7, 11) is -1.53. The van der Waals surface area contributed by atoms with Crippen LogP contribution in [0, 0.1) is 0 Å². The van der Waals surface area contributed by atoms with E-state index in [-0.39, 0.29) is 38.6 Å². The lowest BCUT2D eigenvalue weighted by Crippen LogP contribution is -2.48. The SMILES string of the molecule is CN(C(=O)c1cc(Cl)cc(Cl)c1O)C1CCN(S(=O)(=O)C2CC2)CC1. The molecule has 2 aliphatic rings. The van der Waals surface area contributed by atoms with Crippen molar-refractivity contribution in [1.82, 2.24) is 9.21 Å². The maximum Gasteiger partial charge on any atom is 0.257 e. The Morgan fingerprint density at radius 1 is 1.20 bits per heavy atom. The second kappa shape index (κ2) is 6.95. The van der Waals surface area contributed by atoms with E-state index in [4.69, 9.17) is 23.2 Å². The summed E-state index contributed by atoms with van der Waals surface area (Å²) in [6.45, 7) is 0.812. The molecule has 2 fully saturated rings. The van der Waals surface area contributed by atoms with E-state index in [1.54, 1.807) is 7.05 Å². The van der Waals surface area contributed by atoms with Crippen molar-refractivity contribution < 1.29 is 18.3 Å². The zero-order valence-electron chi connectivity index (χ0n) is 13.8. The minimum Gasteiger partial charge on any atom is -0.506 e. The summed E-state index contributed by atoms with van der Waals surface area (Å²) in [4.78, 5) is 14.2. The van der Waals surface area contributed by atoms with Crippen LogP contribution in [0.2, 0.25) is 10.0 Å². The minimum absolute atomic E-state index is 0.0228. The zero-order valence-corrected chi connectivity index (χ0v) is 16.1. The summed E-state index contributed by atoms with van der Waals surface area (Å²) >= 11 is 11.8. The Balaban J connectivity index is 1.68. The number of benzene rings is 1. The summed E-state index contributed by atoms with van der Waals surface area (Å²) in [6.07, 6.45) is 2.61. The largest absolute Gasteiger partial charge is 0.506 e. The molecule has 0 aromatic heterocycles. The quantitative estimate of drug-likeness (QED) is 0.833. The summed E-state index contributed by atoms with van der Waals surface area (Å²) in [5.74, 6) is -0.679. The van der Waals surface area contributed by atoms with E-state index in [2.05, 4.69) is 0 Å². The standard InChI is InChI=1S/C16H20Cl2N2O4S/c1-19(16(22)13-8-10(17)9-14(18)15(13)21)11-4-6-20(7-5-11)25(23,24)12-2-3-12/h8-9,11-12,21H,2-7H2,1H3. The molecular weight excluding hydrogens is 387 g/mol. The second-order valence-electron chi connectivity index (χ2n) is 6.57. The molecule has 9 heteroatoms. The molecule has 6 nitrogen and oxygen atoms in total. The number of hydrogen-bond acceptors (Lipinski definition) is 4. The molecule has 25 heavy (non-hydrogen) atoms. The fraction of sp³-hybridized carbons (Fsp3) is 0.562. The highest BCUT2D eigenvalue weighted by atomic mass is 35.5. The third-order valence-corrected chi connectivity index (χ3v) is 7.76. The van der Waals surface area contributed by atoms with E-state index < -0.39 is 10.0 Å². The molecule has 0 radical (unpaired) electrons. The first-order valence-corrected chi connectivity index (χ1v) is 10.4. The van der Waals surface area contributed by atoms with Gasteiger partial charge in [0.2, 0.25) is 10.0 Å². The van der Waals surface area contributed by atoms with Gasteiger partial charge in [-0.1, -0.05) is 23.2 Å². The van der Waals surface area contributed by atoms with Gasteiger partial charge in [0, 0.05) is 31.2 Å². The maximum absolute atomic E-state index is 12.7. The van der Waals surface area contributed by atoms with Crippen LogP contribution in [0.3, 0.4) is 0 Å². The van der Waals surface area contributed by atoms with Crippen LogP contribution < -0.4 is 0 Å². The van der Waals surface area contributed by atoms with Gasteiger partial charge < -0.3 is 10.0 Å². The summed E-state index contributed by atoms with van der Waals surface area (Å²) < 4.78 is 26.1. The first-order chi connectivity index (χ1) is 11.7. The Morgan fingerprint density at radius 3 is 2.36 bits per heavy atom. The van der Waals surface area contributed by atoms with Gasteiger partial charge in [0.1, 0.15) is 5.75 Å². The monoisotopic (exact) mass is 406 g/mol.